The van der Waals surface area contributed by atoms with Crippen LogP contribution < -0.4 is 5.43 Å². The number of aromatic nitrogens is 1. The van der Waals surface area contributed by atoms with E-state index in [0.717, 1.165) is 40.4 Å². The van der Waals surface area contributed by atoms with E-state index in [0.29, 0.717) is 24.1 Å². The quantitative estimate of drug-likeness (QED) is 0.104. The number of anilines is 1. The second-order valence-corrected chi connectivity index (χ2v) is 9.32. The van der Waals surface area contributed by atoms with Crippen LogP contribution in [0.15, 0.2) is 89.3 Å². The highest BCUT2D eigenvalue weighted by molar-refractivity contribution is 7.14. The molecule has 1 N–H and O–H groups in total. The summed E-state index contributed by atoms with van der Waals surface area (Å²) in [5.41, 5.74) is 7.87. The van der Waals surface area contributed by atoms with Gasteiger partial charge >= 0.3 is 0 Å². The van der Waals surface area contributed by atoms with Crippen LogP contribution in [-0.4, -0.2) is 34.5 Å². The Morgan fingerprint density at radius 2 is 1.59 bits per heavy atom. The third kappa shape index (κ3) is 5.83. The zero-order chi connectivity index (χ0) is 25.5. The minimum atomic E-state index is -0.200. The Bertz CT molecular complexity index is 1460. The normalized spacial score (nSPS) is 12.5. The summed E-state index contributed by atoms with van der Waals surface area (Å²) in [4.78, 5) is 30.7. The summed E-state index contributed by atoms with van der Waals surface area (Å²) >= 11 is 1.51. The molecule has 0 aliphatic carbocycles. The molecule has 2 heterocycles. The molecule has 0 saturated carbocycles. The number of unbranched alkanes of at least 4 members (excludes halogenated alkanes) is 2. The van der Waals surface area contributed by atoms with Crippen LogP contribution in [0.5, 0.6) is 0 Å². The first kappa shape index (κ1) is 24.2. The maximum absolute atomic E-state index is 12.4. The largest absolute Gasteiger partial charge is 0.274 e. The first-order valence-electron chi connectivity index (χ1n) is 12.0. The van der Waals surface area contributed by atoms with Crippen molar-refractivity contribution in [1.29, 1.82) is 0 Å². The van der Waals surface area contributed by atoms with Crippen LogP contribution >= 0.6 is 11.3 Å². The molecule has 0 radical (unpaired) electrons. The van der Waals surface area contributed by atoms with Crippen molar-refractivity contribution in [3.63, 3.8) is 0 Å². The monoisotopic (exact) mass is 504 g/mol. The van der Waals surface area contributed by atoms with Gasteiger partial charge in [-0.3, -0.25) is 19.9 Å². The molecule has 0 bridgehead atoms. The third-order valence-electron chi connectivity index (χ3n) is 5.90. The van der Waals surface area contributed by atoms with E-state index in [9.17, 15) is 9.59 Å². The van der Waals surface area contributed by atoms with Gasteiger partial charge in [0.15, 0.2) is 0 Å². The highest BCUT2D eigenvalue weighted by Gasteiger charge is 2.34. The van der Waals surface area contributed by atoms with Gasteiger partial charge in [0.1, 0.15) is 0 Å². The number of carbonyl (C=O) groups excluding carboxylic acids is 2. The number of carbonyl (C=O) groups is 2. The van der Waals surface area contributed by atoms with Gasteiger partial charge in [0, 0.05) is 29.5 Å². The molecule has 0 atom stereocenters. The van der Waals surface area contributed by atoms with Crippen LogP contribution in [0.25, 0.3) is 11.3 Å². The number of nitrogens with one attached hydrogen (secondary N) is 1. The number of imide groups is 1. The van der Waals surface area contributed by atoms with Gasteiger partial charge in [0.05, 0.1) is 23.0 Å². The van der Waals surface area contributed by atoms with Crippen molar-refractivity contribution in [2.45, 2.75) is 19.3 Å². The van der Waals surface area contributed by atoms with E-state index in [-0.39, 0.29) is 11.8 Å². The smallest absolute Gasteiger partial charge is 0.261 e. The maximum Gasteiger partial charge on any atom is 0.261 e. The average Bonchev–Trinajstić information content (AvgIpc) is 3.51. The molecule has 37 heavy (non-hydrogen) atoms. The molecule has 0 fully saturated rings. The molecule has 3 aromatic carbocycles. The fourth-order valence-electron chi connectivity index (χ4n) is 3.97. The molecular formula is C30H24N4O2S. The zero-order valence-electron chi connectivity index (χ0n) is 20.1. The standard InChI is InChI=1S/C30H24N4O2S/c35-28-25-13-7-8-14-26(25)29(36)34(28)19-9-2-1-4-10-22-15-17-23(18-16-22)20-31-33-30-32-27(21-37-30)24-11-5-3-6-12-24/h3,5-8,11-18,20-21H,1-2,9,19H2,(H,32,33). The van der Waals surface area contributed by atoms with Gasteiger partial charge in [-0.1, -0.05) is 66.4 Å². The molecule has 0 unspecified atom stereocenters. The molecule has 1 aliphatic heterocycles. The number of thiazole rings is 1. The number of benzene rings is 3. The lowest BCUT2D eigenvalue weighted by molar-refractivity contribution is 0.0652. The fourth-order valence-corrected chi connectivity index (χ4v) is 4.64. The Labute approximate surface area is 219 Å². The summed E-state index contributed by atoms with van der Waals surface area (Å²) < 4.78 is 0. The molecule has 182 valence electrons. The number of hydrogen-bond donors (Lipinski definition) is 1. The predicted octanol–water partition coefficient (Wildman–Crippen LogP) is 6.07. The number of fused-ring (bicyclic) bond motifs is 1. The van der Waals surface area contributed by atoms with Crippen LogP contribution in [-0.2, 0) is 0 Å². The van der Waals surface area contributed by atoms with Crippen molar-refractivity contribution >= 4 is 34.5 Å². The Morgan fingerprint density at radius 3 is 2.32 bits per heavy atom. The van der Waals surface area contributed by atoms with Crippen LogP contribution in [0, 0.1) is 11.8 Å². The molecule has 4 aromatic rings. The topological polar surface area (TPSA) is 74.7 Å². The molecule has 6 nitrogen and oxygen atoms in total. The van der Waals surface area contributed by atoms with Gasteiger partial charge in [0.2, 0.25) is 5.13 Å². The van der Waals surface area contributed by atoms with Gasteiger partial charge in [-0.25, -0.2) is 4.98 Å². The second-order valence-electron chi connectivity index (χ2n) is 8.46. The highest BCUT2D eigenvalue weighted by Crippen LogP contribution is 2.25. The van der Waals surface area contributed by atoms with Gasteiger partial charge in [-0.2, -0.15) is 5.10 Å². The number of nitrogens with zero attached hydrogens (tertiary/aromatic N) is 3. The Balaban J connectivity index is 1.05. The number of hydrogen-bond acceptors (Lipinski definition) is 6. The van der Waals surface area contributed by atoms with Crippen molar-refractivity contribution in [2.24, 2.45) is 5.10 Å². The summed E-state index contributed by atoms with van der Waals surface area (Å²) in [6.07, 6.45) is 4.00. The molecule has 1 aromatic heterocycles. The van der Waals surface area contributed by atoms with Crippen molar-refractivity contribution in [3.05, 3.63) is 106 Å². The minimum absolute atomic E-state index is 0.200. The summed E-state index contributed by atoms with van der Waals surface area (Å²) in [5, 5.41) is 7.03. The third-order valence-corrected chi connectivity index (χ3v) is 6.65. The van der Waals surface area contributed by atoms with Gasteiger partial charge in [0.25, 0.3) is 11.8 Å². The summed E-state index contributed by atoms with van der Waals surface area (Å²) in [6, 6.07) is 24.9. The average molecular weight is 505 g/mol. The van der Waals surface area contributed by atoms with E-state index in [2.05, 4.69) is 27.4 Å². The molecule has 5 rings (SSSR count). The van der Waals surface area contributed by atoms with Crippen LogP contribution in [0.4, 0.5) is 5.13 Å². The van der Waals surface area contributed by atoms with Gasteiger partial charge < -0.3 is 0 Å². The minimum Gasteiger partial charge on any atom is -0.274 e. The lowest BCUT2D eigenvalue weighted by Gasteiger charge is -2.12. The van der Waals surface area contributed by atoms with Gasteiger partial charge in [-0.15, -0.1) is 11.3 Å². The molecular weight excluding hydrogens is 480 g/mol. The Morgan fingerprint density at radius 1 is 0.892 bits per heavy atom. The number of rotatable bonds is 8. The highest BCUT2D eigenvalue weighted by atomic mass is 32.1. The lowest BCUT2D eigenvalue weighted by atomic mass is 10.1. The van der Waals surface area contributed by atoms with Crippen molar-refractivity contribution < 1.29 is 9.59 Å². The van der Waals surface area contributed by atoms with Gasteiger partial charge in [-0.05, 0) is 42.7 Å². The van der Waals surface area contributed by atoms with Crippen LogP contribution in [0.1, 0.15) is 51.1 Å². The molecule has 0 spiro atoms. The van der Waals surface area contributed by atoms with E-state index < -0.39 is 0 Å². The fraction of sp³-hybridized carbons (Fsp3) is 0.133. The van der Waals surface area contributed by atoms with Crippen LogP contribution in [0.3, 0.4) is 0 Å². The Hall–Kier alpha value is -4.54. The summed E-state index contributed by atoms with van der Waals surface area (Å²) in [7, 11) is 0. The van der Waals surface area contributed by atoms with E-state index in [1.165, 1.54) is 16.2 Å². The number of amides is 2. The van der Waals surface area contributed by atoms with Crippen molar-refractivity contribution in [3.8, 4) is 23.1 Å². The first-order valence-corrected chi connectivity index (χ1v) is 12.9. The summed E-state index contributed by atoms with van der Waals surface area (Å²) in [6.45, 7) is 0.421. The lowest BCUT2D eigenvalue weighted by Crippen LogP contribution is -2.30. The van der Waals surface area contributed by atoms with E-state index in [1.807, 2.05) is 60.0 Å². The number of hydrazone groups is 1. The zero-order valence-corrected chi connectivity index (χ0v) is 20.9. The van der Waals surface area contributed by atoms with E-state index in [1.54, 1.807) is 30.5 Å². The Kier molecular flexibility index (Phi) is 7.49. The van der Waals surface area contributed by atoms with Crippen LogP contribution in [0.2, 0.25) is 0 Å². The summed E-state index contributed by atoms with van der Waals surface area (Å²) in [5.74, 6) is 5.94. The SMILES string of the molecule is O=C1c2ccccc2C(=O)N1CCCCC#Cc1ccc(C=NNc2nc(-c3ccccc3)cs2)cc1. The molecule has 2 amide bonds. The second kappa shape index (κ2) is 11.5. The molecule has 1 aliphatic rings. The molecule has 0 saturated heterocycles. The molecule has 7 heteroatoms. The predicted molar refractivity (Wildman–Crippen MR) is 148 cm³/mol. The van der Waals surface area contributed by atoms with E-state index >= 15 is 0 Å². The first-order chi connectivity index (χ1) is 18.2. The van der Waals surface area contributed by atoms with E-state index in [4.69, 9.17) is 0 Å². The van der Waals surface area contributed by atoms with Crippen molar-refractivity contribution in [1.82, 2.24) is 9.88 Å². The van der Waals surface area contributed by atoms with Crippen molar-refractivity contribution in [2.75, 3.05) is 12.0 Å². The maximum atomic E-state index is 12.4.